The molecule has 0 aromatic heterocycles. The van der Waals surface area contributed by atoms with Crippen molar-refractivity contribution in [3.05, 3.63) is 121 Å². The molecule has 1 heteroatoms. The molecular formula is C26H20S. The van der Waals surface area contributed by atoms with E-state index in [9.17, 15) is 0 Å². The third-order valence-electron chi connectivity index (χ3n) is 4.34. The van der Waals surface area contributed by atoms with Gasteiger partial charge in [0.15, 0.2) is 0 Å². The molecule has 0 atom stereocenters. The van der Waals surface area contributed by atoms with Gasteiger partial charge in [0.1, 0.15) is 0 Å². The standard InChI is InChI=1S/C14H10.C12H10S/c1-2-6-12-10-14-8-4-3-7-13(14)9-11(12)5-1;1-3-7-11(8-4-1)13-12-9-5-2-6-10-12/h1-10H;1-10H. The van der Waals surface area contributed by atoms with Crippen LogP contribution in [0, 0.1) is 0 Å². The summed E-state index contributed by atoms with van der Waals surface area (Å²) < 4.78 is 0. The van der Waals surface area contributed by atoms with Crippen LogP contribution < -0.4 is 0 Å². The van der Waals surface area contributed by atoms with Crippen LogP contribution in [0.5, 0.6) is 0 Å². The quantitative estimate of drug-likeness (QED) is 0.288. The van der Waals surface area contributed by atoms with Gasteiger partial charge >= 0.3 is 0 Å². The first-order valence-electron chi connectivity index (χ1n) is 9.04. The lowest BCUT2D eigenvalue weighted by molar-refractivity contribution is 1.41. The first kappa shape index (κ1) is 17.4. The molecule has 0 aliphatic heterocycles. The predicted molar refractivity (Wildman–Crippen MR) is 118 cm³/mol. The maximum atomic E-state index is 2.24. The zero-order valence-corrected chi connectivity index (χ0v) is 15.8. The van der Waals surface area contributed by atoms with Gasteiger partial charge in [-0.15, -0.1) is 0 Å². The monoisotopic (exact) mass is 364 g/mol. The lowest BCUT2D eigenvalue weighted by atomic mass is 10.0. The van der Waals surface area contributed by atoms with Gasteiger partial charge in [-0.05, 0) is 57.9 Å². The van der Waals surface area contributed by atoms with E-state index < -0.39 is 0 Å². The highest BCUT2D eigenvalue weighted by Gasteiger charge is 1.95. The fourth-order valence-corrected chi connectivity index (χ4v) is 3.85. The van der Waals surface area contributed by atoms with E-state index >= 15 is 0 Å². The maximum absolute atomic E-state index is 2.24. The van der Waals surface area contributed by atoms with Crippen LogP contribution in [-0.4, -0.2) is 0 Å². The molecule has 0 aliphatic rings. The summed E-state index contributed by atoms with van der Waals surface area (Å²) in [5.74, 6) is 0. The number of benzene rings is 5. The Kier molecular flexibility index (Phi) is 5.52. The van der Waals surface area contributed by atoms with Crippen LogP contribution in [0.15, 0.2) is 131 Å². The van der Waals surface area contributed by atoms with Crippen molar-refractivity contribution in [2.24, 2.45) is 0 Å². The molecule has 5 aromatic carbocycles. The molecule has 0 saturated heterocycles. The second kappa shape index (κ2) is 8.57. The van der Waals surface area contributed by atoms with Crippen LogP contribution >= 0.6 is 11.8 Å². The summed E-state index contributed by atoms with van der Waals surface area (Å²) >= 11 is 1.79. The summed E-state index contributed by atoms with van der Waals surface area (Å²) in [6.07, 6.45) is 0. The van der Waals surface area contributed by atoms with Gasteiger partial charge in [0, 0.05) is 9.79 Å². The Balaban J connectivity index is 0.000000134. The molecular weight excluding hydrogens is 344 g/mol. The molecule has 0 aliphatic carbocycles. The molecule has 5 aromatic rings. The molecule has 0 amide bonds. The van der Waals surface area contributed by atoms with Gasteiger partial charge in [0.05, 0.1) is 0 Å². The second-order valence-electron chi connectivity index (χ2n) is 6.27. The second-order valence-corrected chi connectivity index (χ2v) is 7.42. The summed E-state index contributed by atoms with van der Waals surface area (Å²) in [4.78, 5) is 2.57. The number of hydrogen-bond acceptors (Lipinski definition) is 1. The molecule has 0 heterocycles. The Labute approximate surface area is 164 Å². The van der Waals surface area contributed by atoms with Gasteiger partial charge in [-0.2, -0.15) is 0 Å². The fraction of sp³-hybridized carbons (Fsp3) is 0. The molecule has 27 heavy (non-hydrogen) atoms. The van der Waals surface area contributed by atoms with Crippen molar-refractivity contribution in [3.8, 4) is 0 Å². The molecule has 0 bridgehead atoms. The lowest BCUT2D eigenvalue weighted by Crippen LogP contribution is -1.74. The summed E-state index contributed by atoms with van der Waals surface area (Å²) in [6, 6.07) is 42.2. The summed E-state index contributed by atoms with van der Waals surface area (Å²) in [5.41, 5.74) is 0. The molecule has 0 N–H and O–H groups in total. The Morgan fingerprint density at radius 3 is 0.963 bits per heavy atom. The highest BCUT2D eigenvalue weighted by atomic mass is 32.2. The minimum atomic E-state index is 1.29. The van der Waals surface area contributed by atoms with Gasteiger partial charge in [-0.3, -0.25) is 0 Å². The molecule has 0 nitrogen and oxygen atoms in total. The van der Waals surface area contributed by atoms with Crippen molar-refractivity contribution in [1.29, 1.82) is 0 Å². The normalized spacial score (nSPS) is 10.4. The lowest BCUT2D eigenvalue weighted by Gasteiger charge is -2.00. The van der Waals surface area contributed by atoms with Crippen molar-refractivity contribution in [2.75, 3.05) is 0 Å². The molecule has 0 unspecified atom stereocenters. The Hall–Kier alpha value is -3.03. The van der Waals surface area contributed by atoms with Gasteiger partial charge < -0.3 is 0 Å². The predicted octanol–water partition coefficient (Wildman–Crippen LogP) is 7.83. The molecule has 0 radical (unpaired) electrons. The Morgan fingerprint density at radius 1 is 0.333 bits per heavy atom. The van der Waals surface area contributed by atoms with Crippen LogP contribution in [0.25, 0.3) is 21.5 Å². The van der Waals surface area contributed by atoms with Crippen LogP contribution in [-0.2, 0) is 0 Å². The smallest absolute Gasteiger partial charge is 0.0122 e. The van der Waals surface area contributed by atoms with E-state index in [1.165, 1.54) is 31.3 Å². The minimum Gasteiger partial charge on any atom is -0.0901 e. The largest absolute Gasteiger partial charge is 0.0901 e. The van der Waals surface area contributed by atoms with Gasteiger partial charge in [0.2, 0.25) is 0 Å². The van der Waals surface area contributed by atoms with E-state index in [0.717, 1.165) is 0 Å². The average molecular weight is 365 g/mol. The van der Waals surface area contributed by atoms with Crippen LogP contribution in [0.3, 0.4) is 0 Å². The third-order valence-corrected chi connectivity index (χ3v) is 5.35. The molecule has 0 spiro atoms. The highest BCUT2D eigenvalue weighted by Crippen LogP contribution is 2.26. The van der Waals surface area contributed by atoms with E-state index in [0.29, 0.717) is 0 Å². The maximum Gasteiger partial charge on any atom is 0.0122 e. The SMILES string of the molecule is c1ccc(Sc2ccccc2)cc1.c1ccc2cc3ccccc3cc2c1. The van der Waals surface area contributed by atoms with E-state index in [1.807, 2.05) is 12.1 Å². The van der Waals surface area contributed by atoms with Crippen molar-refractivity contribution in [3.63, 3.8) is 0 Å². The van der Waals surface area contributed by atoms with E-state index in [-0.39, 0.29) is 0 Å². The van der Waals surface area contributed by atoms with E-state index in [1.54, 1.807) is 11.8 Å². The van der Waals surface area contributed by atoms with Gasteiger partial charge in [-0.1, -0.05) is 96.7 Å². The Morgan fingerprint density at radius 2 is 0.630 bits per heavy atom. The first-order valence-corrected chi connectivity index (χ1v) is 9.86. The summed E-state index contributed by atoms with van der Waals surface area (Å²) in [6.45, 7) is 0. The molecule has 0 fully saturated rings. The van der Waals surface area contributed by atoms with E-state index in [4.69, 9.17) is 0 Å². The fourth-order valence-electron chi connectivity index (χ4n) is 3.00. The first-order chi connectivity index (χ1) is 13.4. The zero-order valence-electron chi connectivity index (χ0n) is 15.0. The topological polar surface area (TPSA) is 0 Å². The highest BCUT2D eigenvalue weighted by molar-refractivity contribution is 7.99. The summed E-state index contributed by atoms with van der Waals surface area (Å²) in [5, 5.41) is 5.25. The molecule has 5 rings (SSSR count). The Bertz CT molecular complexity index is 989. The minimum absolute atomic E-state index is 1.29. The molecule has 130 valence electrons. The number of rotatable bonds is 2. The average Bonchev–Trinajstić information content (AvgIpc) is 2.74. The van der Waals surface area contributed by atoms with Crippen molar-refractivity contribution < 1.29 is 0 Å². The molecule has 0 saturated carbocycles. The van der Waals surface area contributed by atoms with Crippen LogP contribution in [0.4, 0.5) is 0 Å². The number of hydrogen-bond donors (Lipinski definition) is 0. The zero-order chi connectivity index (χ0) is 18.3. The summed E-state index contributed by atoms with van der Waals surface area (Å²) in [7, 11) is 0. The van der Waals surface area contributed by atoms with Gasteiger partial charge in [-0.25, -0.2) is 0 Å². The van der Waals surface area contributed by atoms with Crippen molar-refractivity contribution >= 4 is 33.3 Å². The van der Waals surface area contributed by atoms with Crippen LogP contribution in [0.1, 0.15) is 0 Å². The van der Waals surface area contributed by atoms with E-state index in [2.05, 4.69) is 109 Å². The van der Waals surface area contributed by atoms with Crippen molar-refractivity contribution in [2.45, 2.75) is 9.79 Å². The van der Waals surface area contributed by atoms with Crippen LogP contribution in [0.2, 0.25) is 0 Å². The van der Waals surface area contributed by atoms with Crippen molar-refractivity contribution in [1.82, 2.24) is 0 Å². The third kappa shape index (κ3) is 4.58. The van der Waals surface area contributed by atoms with Gasteiger partial charge in [0.25, 0.3) is 0 Å². The number of fused-ring (bicyclic) bond motifs is 2.